The van der Waals surface area contributed by atoms with Gasteiger partial charge in [0.05, 0.1) is 0 Å². The van der Waals surface area contributed by atoms with E-state index in [4.69, 9.17) is 18.0 Å². The molecular formula is C13H22N4S. The Bertz CT molecular complexity index is 419. The second-order valence-electron chi connectivity index (χ2n) is 4.55. The summed E-state index contributed by atoms with van der Waals surface area (Å²) in [5.74, 6) is 0.614. The molecule has 0 fully saturated rings. The van der Waals surface area contributed by atoms with Crippen LogP contribution in [0.5, 0.6) is 0 Å². The van der Waals surface area contributed by atoms with Crippen LogP contribution in [0.4, 0.5) is 5.95 Å². The number of anilines is 1. The number of thiocarbonyl (C=S) groups is 1. The predicted molar refractivity (Wildman–Crippen MR) is 79.9 cm³/mol. The molecule has 0 aromatic carbocycles. The van der Waals surface area contributed by atoms with Crippen LogP contribution in [-0.4, -0.2) is 20.5 Å². The molecule has 0 saturated carbocycles. The van der Waals surface area contributed by atoms with E-state index in [0.29, 0.717) is 16.6 Å². The van der Waals surface area contributed by atoms with Gasteiger partial charge in [0.15, 0.2) is 0 Å². The first-order chi connectivity index (χ1) is 8.46. The summed E-state index contributed by atoms with van der Waals surface area (Å²) in [5, 5.41) is 3.44. The molecule has 0 radical (unpaired) electrons. The van der Waals surface area contributed by atoms with Gasteiger partial charge in [-0.15, -0.1) is 0 Å². The summed E-state index contributed by atoms with van der Waals surface area (Å²) in [6.45, 7) is 8.43. The van der Waals surface area contributed by atoms with Crippen LogP contribution >= 0.6 is 12.2 Å². The molecule has 0 bridgehead atoms. The van der Waals surface area contributed by atoms with E-state index in [9.17, 15) is 0 Å². The summed E-state index contributed by atoms with van der Waals surface area (Å²) in [7, 11) is 0. The zero-order valence-electron chi connectivity index (χ0n) is 11.6. The molecule has 1 aromatic heterocycles. The number of nitrogens with zero attached hydrogens (tertiary/aromatic N) is 2. The molecule has 18 heavy (non-hydrogen) atoms. The normalized spacial score (nSPS) is 11.3. The maximum atomic E-state index is 5.63. The lowest BCUT2D eigenvalue weighted by molar-refractivity contribution is 0.417. The second kappa shape index (κ2) is 6.09. The Morgan fingerprint density at radius 1 is 1.28 bits per heavy atom. The zero-order chi connectivity index (χ0) is 13.8. The summed E-state index contributed by atoms with van der Waals surface area (Å²) in [5.41, 5.74) is 7.16. The predicted octanol–water partition coefficient (Wildman–Crippen LogP) is 2.80. The van der Waals surface area contributed by atoms with Gasteiger partial charge < -0.3 is 11.1 Å². The Labute approximate surface area is 114 Å². The summed E-state index contributed by atoms with van der Waals surface area (Å²) < 4.78 is 0. The largest absolute Gasteiger partial charge is 0.388 e. The minimum absolute atomic E-state index is 0.0429. The fourth-order valence-electron chi connectivity index (χ4n) is 2.00. The first-order valence-corrected chi connectivity index (χ1v) is 6.80. The van der Waals surface area contributed by atoms with Crippen LogP contribution in [0.15, 0.2) is 6.07 Å². The van der Waals surface area contributed by atoms with E-state index < -0.39 is 0 Å². The molecule has 0 spiro atoms. The highest BCUT2D eigenvalue weighted by molar-refractivity contribution is 7.80. The Balaban J connectivity index is 3.06. The summed E-state index contributed by atoms with van der Waals surface area (Å²) in [4.78, 5) is 9.09. The van der Waals surface area contributed by atoms with E-state index in [0.717, 1.165) is 25.0 Å². The van der Waals surface area contributed by atoms with Gasteiger partial charge in [0.25, 0.3) is 0 Å². The molecule has 5 heteroatoms. The number of aryl methyl sites for hydroxylation is 1. The quantitative estimate of drug-likeness (QED) is 0.775. The van der Waals surface area contributed by atoms with Gasteiger partial charge in [0.2, 0.25) is 5.95 Å². The summed E-state index contributed by atoms with van der Waals surface area (Å²) >= 11 is 4.97. The highest BCUT2D eigenvalue weighted by Crippen LogP contribution is 2.24. The van der Waals surface area contributed by atoms with E-state index in [-0.39, 0.29) is 5.54 Å². The summed E-state index contributed by atoms with van der Waals surface area (Å²) in [6, 6.07) is 1.80. The van der Waals surface area contributed by atoms with Gasteiger partial charge in [-0.2, -0.15) is 0 Å². The van der Waals surface area contributed by atoms with Crippen LogP contribution in [0.3, 0.4) is 0 Å². The molecule has 0 atom stereocenters. The van der Waals surface area contributed by atoms with Crippen molar-refractivity contribution in [3.05, 3.63) is 17.5 Å². The molecule has 100 valence electrons. The van der Waals surface area contributed by atoms with Crippen molar-refractivity contribution in [2.45, 2.75) is 52.5 Å². The van der Waals surface area contributed by atoms with Crippen molar-refractivity contribution in [1.29, 1.82) is 0 Å². The van der Waals surface area contributed by atoms with Crippen molar-refractivity contribution < 1.29 is 0 Å². The third-order valence-corrected chi connectivity index (χ3v) is 3.72. The van der Waals surface area contributed by atoms with Gasteiger partial charge in [-0.1, -0.05) is 33.0 Å². The number of nitrogens with two attached hydrogens (primary N) is 1. The molecule has 0 saturated heterocycles. The Morgan fingerprint density at radius 2 is 1.83 bits per heavy atom. The summed E-state index contributed by atoms with van der Waals surface area (Å²) in [6.07, 6.45) is 3.08. The van der Waals surface area contributed by atoms with Gasteiger partial charge in [0, 0.05) is 11.2 Å². The van der Waals surface area contributed by atoms with Crippen molar-refractivity contribution in [1.82, 2.24) is 9.97 Å². The van der Waals surface area contributed by atoms with E-state index >= 15 is 0 Å². The number of aromatic nitrogens is 2. The van der Waals surface area contributed by atoms with Crippen LogP contribution in [0, 0.1) is 6.92 Å². The molecular weight excluding hydrogens is 244 g/mol. The van der Waals surface area contributed by atoms with Gasteiger partial charge in [-0.3, -0.25) is 0 Å². The van der Waals surface area contributed by atoms with E-state index in [1.165, 1.54) is 0 Å². The van der Waals surface area contributed by atoms with Gasteiger partial charge >= 0.3 is 0 Å². The molecule has 0 unspecified atom stereocenters. The third-order valence-electron chi connectivity index (χ3n) is 3.51. The van der Waals surface area contributed by atoms with Crippen molar-refractivity contribution >= 4 is 23.2 Å². The minimum atomic E-state index is 0.0429. The number of hydrogen-bond acceptors (Lipinski definition) is 4. The molecule has 0 aliphatic rings. The minimum Gasteiger partial charge on any atom is -0.388 e. The number of hydrogen-bond donors (Lipinski definition) is 2. The van der Waals surface area contributed by atoms with Crippen molar-refractivity contribution in [3.63, 3.8) is 0 Å². The Kier molecular flexibility index (Phi) is 5.02. The van der Waals surface area contributed by atoms with Crippen LogP contribution < -0.4 is 11.1 Å². The lowest BCUT2D eigenvalue weighted by Gasteiger charge is -2.31. The maximum absolute atomic E-state index is 5.63. The number of nitrogens with one attached hydrogen (secondary N) is 1. The fraction of sp³-hybridized carbons (Fsp3) is 0.615. The monoisotopic (exact) mass is 266 g/mol. The molecule has 0 aliphatic heterocycles. The molecule has 1 heterocycles. The SMILES string of the molecule is CCC(CC)(CC)Nc1nc(C)cc(C(N)=S)n1. The van der Waals surface area contributed by atoms with Gasteiger partial charge in [0.1, 0.15) is 10.7 Å². The lowest BCUT2D eigenvalue weighted by atomic mass is 9.90. The Morgan fingerprint density at radius 3 is 2.28 bits per heavy atom. The fourth-order valence-corrected chi connectivity index (χ4v) is 2.11. The van der Waals surface area contributed by atoms with Crippen molar-refractivity contribution in [2.75, 3.05) is 5.32 Å². The van der Waals surface area contributed by atoms with Crippen LogP contribution in [-0.2, 0) is 0 Å². The first-order valence-electron chi connectivity index (χ1n) is 6.40. The lowest BCUT2D eigenvalue weighted by Crippen LogP contribution is -2.37. The topological polar surface area (TPSA) is 63.8 Å². The van der Waals surface area contributed by atoms with Crippen LogP contribution in [0.25, 0.3) is 0 Å². The Hall–Kier alpha value is -1.23. The first kappa shape index (κ1) is 14.8. The zero-order valence-corrected chi connectivity index (χ0v) is 12.4. The maximum Gasteiger partial charge on any atom is 0.223 e. The molecule has 1 rings (SSSR count). The average molecular weight is 266 g/mol. The highest BCUT2D eigenvalue weighted by Gasteiger charge is 2.24. The van der Waals surface area contributed by atoms with Crippen molar-refractivity contribution in [2.24, 2.45) is 5.73 Å². The van der Waals surface area contributed by atoms with E-state index in [2.05, 4.69) is 36.1 Å². The molecule has 0 amide bonds. The van der Waals surface area contributed by atoms with Crippen LogP contribution in [0.1, 0.15) is 51.4 Å². The molecule has 3 N–H and O–H groups in total. The van der Waals surface area contributed by atoms with E-state index in [1.54, 1.807) is 6.07 Å². The average Bonchev–Trinajstić information content (AvgIpc) is 2.35. The standard InChI is InChI=1S/C13H22N4S/c1-5-13(6-2,7-3)17-12-15-9(4)8-10(16-12)11(14)18/h8H,5-7H2,1-4H3,(H2,14,18)(H,15,16,17). The second-order valence-corrected chi connectivity index (χ2v) is 4.99. The van der Waals surface area contributed by atoms with Gasteiger partial charge in [-0.25, -0.2) is 9.97 Å². The van der Waals surface area contributed by atoms with Crippen LogP contribution in [0.2, 0.25) is 0 Å². The van der Waals surface area contributed by atoms with Gasteiger partial charge in [-0.05, 0) is 32.3 Å². The highest BCUT2D eigenvalue weighted by atomic mass is 32.1. The number of rotatable bonds is 6. The molecule has 4 nitrogen and oxygen atoms in total. The van der Waals surface area contributed by atoms with Crippen molar-refractivity contribution in [3.8, 4) is 0 Å². The van der Waals surface area contributed by atoms with E-state index in [1.807, 2.05) is 6.92 Å². The smallest absolute Gasteiger partial charge is 0.223 e. The third kappa shape index (κ3) is 3.38. The molecule has 0 aliphatic carbocycles. The molecule has 1 aromatic rings.